The summed E-state index contributed by atoms with van der Waals surface area (Å²) in [7, 11) is 0. The van der Waals surface area contributed by atoms with E-state index in [0.29, 0.717) is 4.95 Å². The fourth-order valence-corrected chi connectivity index (χ4v) is 1.80. The maximum Gasteiger partial charge on any atom is 0.116 e. The molecule has 1 heterocycles. The summed E-state index contributed by atoms with van der Waals surface area (Å²) in [6, 6.07) is 0. The van der Waals surface area contributed by atoms with Crippen LogP contribution in [0.2, 0.25) is 0 Å². The molecule has 1 fully saturated rings. The van der Waals surface area contributed by atoms with Crippen molar-refractivity contribution in [2.24, 2.45) is 0 Å². The van der Waals surface area contributed by atoms with Gasteiger partial charge in [0.25, 0.3) is 0 Å². The normalized spacial score (nSPS) is 42.0. The smallest absolute Gasteiger partial charge is 0.116 e. The summed E-state index contributed by atoms with van der Waals surface area (Å²) in [5.41, 5.74) is 0. The van der Waals surface area contributed by atoms with Gasteiger partial charge < -0.3 is 0 Å². The molecular formula is C3H6Br2N2. The average molecular weight is 230 g/mol. The molecule has 2 atom stereocenters. The van der Waals surface area contributed by atoms with Crippen molar-refractivity contribution in [3.63, 3.8) is 0 Å². The van der Waals surface area contributed by atoms with Gasteiger partial charge in [-0.05, 0) is 0 Å². The lowest BCUT2D eigenvalue weighted by Gasteiger charge is -1.97. The molecule has 0 radical (unpaired) electrons. The van der Waals surface area contributed by atoms with E-state index in [4.69, 9.17) is 0 Å². The second kappa shape index (κ2) is 2.44. The van der Waals surface area contributed by atoms with Gasteiger partial charge in [-0.15, -0.1) is 0 Å². The number of rotatable bonds is 0. The van der Waals surface area contributed by atoms with Crippen molar-refractivity contribution in [3.8, 4) is 0 Å². The molecule has 0 saturated carbocycles. The van der Waals surface area contributed by atoms with Gasteiger partial charge in [0.1, 0.15) is 5.08 Å². The van der Waals surface area contributed by atoms with Gasteiger partial charge in [-0.2, -0.15) is 0 Å². The summed E-state index contributed by atoms with van der Waals surface area (Å²) in [5.74, 6) is 0. The molecule has 2 unspecified atom stereocenters. The van der Waals surface area contributed by atoms with Gasteiger partial charge in [-0.1, -0.05) is 31.9 Å². The van der Waals surface area contributed by atoms with Gasteiger partial charge in [0.2, 0.25) is 0 Å². The van der Waals surface area contributed by atoms with Crippen LogP contribution in [0.15, 0.2) is 0 Å². The molecule has 0 aliphatic carbocycles. The predicted octanol–water partition coefficient (Wildman–Crippen LogP) is 0.579. The van der Waals surface area contributed by atoms with Crippen molar-refractivity contribution >= 4 is 31.9 Å². The number of halogens is 2. The Kier molecular flexibility index (Phi) is 2.09. The minimum Gasteiger partial charge on any atom is -0.290 e. The van der Waals surface area contributed by atoms with E-state index in [0.717, 1.165) is 6.54 Å². The summed E-state index contributed by atoms with van der Waals surface area (Å²) in [5, 5.41) is 6.56. The third kappa shape index (κ3) is 1.68. The van der Waals surface area contributed by atoms with Crippen molar-refractivity contribution in [2.75, 3.05) is 6.54 Å². The van der Waals surface area contributed by atoms with Crippen molar-refractivity contribution < 1.29 is 0 Å². The molecule has 0 aromatic carbocycles. The second-order valence-electron chi connectivity index (χ2n) is 1.41. The lowest BCUT2D eigenvalue weighted by Crippen LogP contribution is -2.24. The monoisotopic (exact) mass is 228 g/mol. The highest BCUT2D eigenvalue weighted by Crippen LogP contribution is 2.04. The van der Waals surface area contributed by atoms with Crippen molar-refractivity contribution in [1.82, 2.24) is 10.6 Å². The standard InChI is InChI=1S/C3H6Br2N2/c4-2-1-6-3(5)7-2/h2-3,6-7H,1H2. The molecule has 0 aromatic heterocycles. The van der Waals surface area contributed by atoms with E-state index in [1.165, 1.54) is 0 Å². The van der Waals surface area contributed by atoms with Crippen molar-refractivity contribution in [2.45, 2.75) is 10.0 Å². The molecule has 1 aliphatic heterocycles. The van der Waals surface area contributed by atoms with Crippen LogP contribution in [0.25, 0.3) is 0 Å². The molecule has 42 valence electrons. The first-order chi connectivity index (χ1) is 3.29. The Morgan fingerprint density at radius 1 is 1.43 bits per heavy atom. The van der Waals surface area contributed by atoms with Gasteiger partial charge in [-0.25, -0.2) is 0 Å². The second-order valence-corrected chi connectivity index (χ2v) is 3.43. The van der Waals surface area contributed by atoms with Crippen molar-refractivity contribution in [1.29, 1.82) is 0 Å². The van der Waals surface area contributed by atoms with Crippen LogP contribution in [0.3, 0.4) is 0 Å². The number of hydrogen-bond acceptors (Lipinski definition) is 2. The molecule has 2 nitrogen and oxygen atoms in total. The van der Waals surface area contributed by atoms with Gasteiger partial charge >= 0.3 is 0 Å². The van der Waals surface area contributed by atoms with Crippen LogP contribution >= 0.6 is 31.9 Å². The van der Waals surface area contributed by atoms with Crippen LogP contribution in [-0.4, -0.2) is 16.6 Å². The minimum atomic E-state index is 0.289. The van der Waals surface area contributed by atoms with Crippen LogP contribution < -0.4 is 10.6 Å². The van der Waals surface area contributed by atoms with Gasteiger partial charge in [0.15, 0.2) is 0 Å². The number of nitrogens with one attached hydrogen (secondary N) is 2. The van der Waals surface area contributed by atoms with Gasteiger partial charge in [-0.3, -0.25) is 10.6 Å². The number of alkyl halides is 2. The summed E-state index contributed by atoms with van der Waals surface area (Å²) < 4.78 is 0. The topological polar surface area (TPSA) is 24.1 Å². The van der Waals surface area contributed by atoms with E-state index < -0.39 is 0 Å². The van der Waals surface area contributed by atoms with E-state index in [1.807, 2.05) is 0 Å². The zero-order valence-corrected chi connectivity index (χ0v) is 6.79. The molecule has 0 amide bonds. The number of hydrogen-bond donors (Lipinski definition) is 2. The van der Waals surface area contributed by atoms with Crippen LogP contribution in [0.4, 0.5) is 0 Å². The van der Waals surface area contributed by atoms with E-state index in [1.54, 1.807) is 0 Å². The Bertz CT molecular complexity index is 60.0. The Hall–Kier alpha value is 0.880. The Morgan fingerprint density at radius 3 is 2.29 bits per heavy atom. The maximum atomic E-state index is 3.38. The summed E-state index contributed by atoms with van der Waals surface area (Å²) >= 11 is 6.70. The first-order valence-electron chi connectivity index (χ1n) is 2.06. The minimum absolute atomic E-state index is 0.289. The fraction of sp³-hybridized carbons (Fsp3) is 1.00. The van der Waals surface area contributed by atoms with Crippen LogP contribution in [0.1, 0.15) is 0 Å². The first kappa shape index (κ1) is 6.01. The Balaban J connectivity index is 2.26. The van der Waals surface area contributed by atoms with Crippen LogP contribution in [0, 0.1) is 0 Å². The van der Waals surface area contributed by atoms with E-state index in [2.05, 4.69) is 42.5 Å². The Labute approximate surface area is 59.3 Å². The third-order valence-corrected chi connectivity index (χ3v) is 1.98. The molecule has 1 aliphatic rings. The molecule has 7 heavy (non-hydrogen) atoms. The lowest BCUT2D eigenvalue weighted by atomic mass is 10.7. The summed E-state index contributed by atoms with van der Waals surface area (Å²) in [6.45, 7) is 0.982. The quantitative estimate of drug-likeness (QED) is 0.469. The van der Waals surface area contributed by atoms with Gasteiger partial charge in [0.05, 0.1) is 4.95 Å². The SMILES string of the molecule is BrC1CNC(Br)N1. The fourth-order valence-electron chi connectivity index (χ4n) is 0.484. The molecule has 2 N–H and O–H groups in total. The zero-order valence-electron chi connectivity index (χ0n) is 3.62. The van der Waals surface area contributed by atoms with E-state index >= 15 is 0 Å². The molecule has 4 heteroatoms. The molecule has 1 rings (SSSR count). The zero-order chi connectivity index (χ0) is 5.28. The Morgan fingerprint density at radius 2 is 2.14 bits per heavy atom. The molecular weight excluding hydrogens is 224 g/mol. The predicted molar refractivity (Wildman–Crippen MR) is 36.6 cm³/mol. The third-order valence-electron chi connectivity index (χ3n) is 0.803. The van der Waals surface area contributed by atoms with E-state index in [-0.39, 0.29) is 5.08 Å². The van der Waals surface area contributed by atoms with E-state index in [9.17, 15) is 0 Å². The largest absolute Gasteiger partial charge is 0.290 e. The van der Waals surface area contributed by atoms with Crippen molar-refractivity contribution in [3.05, 3.63) is 0 Å². The first-order valence-corrected chi connectivity index (χ1v) is 3.90. The molecule has 0 spiro atoms. The lowest BCUT2D eigenvalue weighted by molar-refractivity contribution is 0.753. The van der Waals surface area contributed by atoms with Crippen LogP contribution in [0.5, 0.6) is 0 Å². The molecule has 1 saturated heterocycles. The summed E-state index contributed by atoms with van der Waals surface area (Å²) in [4.78, 5) is 0.428. The summed E-state index contributed by atoms with van der Waals surface area (Å²) in [6.07, 6.45) is 0. The average Bonchev–Trinajstić information content (AvgIpc) is 1.87. The highest BCUT2D eigenvalue weighted by atomic mass is 79.9. The van der Waals surface area contributed by atoms with Crippen LogP contribution in [-0.2, 0) is 0 Å². The van der Waals surface area contributed by atoms with Gasteiger partial charge in [0, 0.05) is 6.54 Å². The molecule has 0 aromatic rings. The highest BCUT2D eigenvalue weighted by Gasteiger charge is 2.16. The molecule has 0 bridgehead atoms. The maximum absolute atomic E-state index is 3.38. The highest BCUT2D eigenvalue weighted by molar-refractivity contribution is 9.10.